The van der Waals surface area contributed by atoms with E-state index < -0.39 is 0 Å². The van der Waals surface area contributed by atoms with E-state index in [1.807, 2.05) is 0 Å². The number of hydrogen-bond acceptors (Lipinski definition) is 2. The normalized spacial score (nSPS) is 11.0. The first-order valence-electron chi connectivity index (χ1n) is 3.54. The Labute approximate surface area is 62.8 Å². The van der Waals surface area contributed by atoms with Gasteiger partial charge in [0.2, 0.25) is 0 Å². The van der Waals surface area contributed by atoms with Gasteiger partial charge in [0, 0.05) is 27.4 Å². The average molecular weight is 144 g/mol. The fraction of sp³-hybridized carbons (Fsp3) is 0.750. The Morgan fingerprint density at radius 3 is 1.60 bits per heavy atom. The lowest BCUT2D eigenvalue weighted by molar-refractivity contribution is 0.201. The highest BCUT2D eigenvalue weighted by atomic mass is 16.5. The second-order valence-corrected chi connectivity index (χ2v) is 2.03. The van der Waals surface area contributed by atoms with Crippen molar-refractivity contribution >= 4 is 0 Å². The van der Waals surface area contributed by atoms with Gasteiger partial charge in [0.05, 0.1) is 0 Å². The van der Waals surface area contributed by atoms with Gasteiger partial charge in [-0.05, 0) is 12.8 Å². The van der Waals surface area contributed by atoms with Crippen LogP contribution in [0.2, 0.25) is 0 Å². The topological polar surface area (TPSA) is 18.5 Å². The molecule has 0 saturated carbocycles. The van der Waals surface area contributed by atoms with Gasteiger partial charge < -0.3 is 9.47 Å². The fourth-order valence-electron chi connectivity index (χ4n) is 0.607. The first kappa shape index (κ1) is 9.66. The predicted octanol–water partition coefficient (Wildman–Crippen LogP) is 1.62. The van der Waals surface area contributed by atoms with Gasteiger partial charge in [-0.1, -0.05) is 12.2 Å². The zero-order valence-corrected chi connectivity index (χ0v) is 6.80. The highest BCUT2D eigenvalue weighted by Gasteiger charge is 1.78. The van der Waals surface area contributed by atoms with E-state index in [0.717, 1.165) is 26.1 Å². The highest BCUT2D eigenvalue weighted by Crippen LogP contribution is 1.87. The summed E-state index contributed by atoms with van der Waals surface area (Å²) in [6.45, 7) is 1.62. The number of hydrogen-bond donors (Lipinski definition) is 0. The molecule has 0 saturated heterocycles. The van der Waals surface area contributed by atoms with Gasteiger partial charge in [0.25, 0.3) is 0 Å². The summed E-state index contributed by atoms with van der Waals surface area (Å²) in [6.07, 6.45) is 6.23. The van der Waals surface area contributed by atoms with E-state index in [9.17, 15) is 0 Å². The van der Waals surface area contributed by atoms with Crippen molar-refractivity contribution in [1.29, 1.82) is 0 Å². The molecule has 0 aliphatic carbocycles. The third-order valence-corrected chi connectivity index (χ3v) is 1.14. The van der Waals surface area contributed by atoms with Crippen LogP contribution in [0.25, 0.3) is 0 Å². The van der Waals surface area contributed by atoms with Crippen LogP contribution in [0, 0.1) is 0 Å². The second kappa shape index (κ2) is 8.66. The van der Waals surface area contributed by atoms with Crippen LogP contribution in [-0.4, -0.2) is 27.4 Å². The van der Waals surface area contributed by atoms with E-state index in [0.29, 0.717) is 0 Å². The third-order valence-electron chi connectivity index (χ3n) is 1.14. The molecule has 0 heterocycles. The molecule has 0 atom stereocenters. The molecular weight excluding hydrogens is 128 g/mol. The van der Waals surface area contributed by atoms with Crippen LogP contribution < -0.4 is 0 Å². The number of ether oxygens (including phenoxy) is 2. The van der Waals surface area contributed by atoms with E-state index in [4.69, 9.17) is 9.47 Å². The van der Waals surface area contributed by atoms with Crippen LogP contribution in [0.5, 0.6) is 0 Å². The molecule has 60 valence electrons. The molecule has 0 aromatic rings. The van der Waals surface area contributed by atoms with Crippen LogP contribution in [0.15, 0.2) is 12.2 Å². The lowest BCUT2D eigenvalue weighted by atomic mass is 10.3. The van der Waals surface area contributed by atoms with Crippen LogP contribution in [0.1, 0.15) is 12.8 Å². The Hall–Kier alpha value is -0.340. The van der Waals surface area contributed by atoms with Gasteiger partial charge in [0.15, 0.2) is 0 Å². The summed E-state index contributed by atoms with van der Waals surface area (Å²) in [5.41, 5.74) is 0. The van der Waals surface area contributed by atoms with Gasteiger partial charge in [-0.15, -0.1) is 0 Å². The molecule has 0 fully saturated rings. The summed E-state index contributed by atoms with van der Waals surface area (Å²) >= 11 is 0. The fourth-order valence-corrected chi connectivity index (χ4v) is 0.607. The average Bonchev–Trinajstić information content (AvgIpc) is 1.97. The van der Waals surface area contributed by atoms with E-state index in [1.54, 1.807) is 14.2 Å². The lowest BCUT2D eigenvalue weighted by Crippen LogP contribution is -1.86. The van der Waals surface area contributed by atoms with Crippen molar-refractivity contribution in [2.75, 3.05) is 27.4 Å². The van der Waals surface area contributed by atoms with Gasteiger partial charge in [-0.25, -0.2) is 0 Å². The summed E-state index contributed by atoms with van der Waals surface area (Å²) in [7, 11) is 3.42. The smallest absolute Gasteiger partial charge is 0.0496 e. The van der Waals surface area contributed by atoms with E-state index in [1.165, 1.54) is 0 Å². The molecule has 0 aliphatic rings. The maximum absolute atomic E-state index is 4.87. The molecule has 0 aromatic carbocycles. The Balaban J connectivity index is 2.89. The molecule has 2 nitrogen and oxygen atoms in total. The number of methoxy groups -OCH3 is 2. The van der Waals surface area contributed by atoms with E-state index in [2.05, 4.69) is 12.2 Å². The van der Waals surface area contributed by atoms with Crippen molar-refractivity contribution in [2.45, 2.75) is 12.8 Å². The second-order valence-electron chi connectivity index (χ2n) is 2.03. The summed E-state index contributed by atoms with van der Waals surface area (Å²) < 4.78 is 9.73. The van der Waals surface area contributed by atoms with E-state index in [-0.39, 0.29) is 0 Å². The van der Waals surface area contributed by atoms with Crippen LogP contribution in [0.3, 0.4) is 0 Å². The standard InChI is InChI=1S/C8H16O2/c1-9-7-5-3-4-6-8-10-2/h3-4H,5-8H2,1-2H3/b4-3+. The SMILES string of the molecule is COCC/C=C/CCOC. The van der Waals surface area contributed by atoms with Gasteiger partial charge >= 0.3 is 0 Å². The molecule has 0 bridgehead atoms. The summed E-state index contributed by atoms with van der Waals surface area (Å²) in [5, 5.41) is 0. The minimum atomic E-state index is 0.809. The number of rotatable bonds is 6. The van der Waals surface area contributed by atoms with Crippen LogP contribution >= 0.6 is 0 Å². The quantitative estimate of drug-likeness (QED) is 0.416. The molecule has 0 aliphatic heterocycles. The van der Waals surface area contributed by atoms with Gasteiger partial charge in [0.1, 0.15) is 0 Å². The molecule has 2 heteroatoms. The Kier molecular flexibility index (Phi) is 8.37. The maximum Gasteiger partial charge on any atom is 0.0496 e. The summed E-state index contributed by atoms with van der Waals surface area (Å²) in [4.78, 5) is 0. The lowest BCUT2D eigenvalue weighted by Gasteiger charge is -1.92. The van der Waals surface area contributed by atoms with Gasteiger partial charge in [-0.2, -0.15) is 0 Å². The maximum atomic E-state index is 4.87. The molecule has 0 rings (SSSR count). The first-order valence-corrected chi connectivity index (χ1v) is 3.54. The van der Waals surface area contributed by atoms with Crippen LogP contribution in [-0.2, 0) is 9.47 Å². The molecule has 0 spiro atoms. The molecule has 10 heavy (non-hydrogen) atoms. The molecule has 0 unspecified atom stereocenters. The predicted molar refractivity (Wildman–Crippen MR) is 42.1 cm³/mol. The molecule has 0 N–H and O–H groups in total. The summed E-state index contributed by atoms with van der Waals surface area (Å²) in [5.74, 6) is 0. The van der Waals surface area contributed by atoms with Crippen molar-refractivity contribution in [3.63, 3.8) is 0 Å². The first-order chi connectivity index (χ1) is 4.91. The Bertz CT molecular complexity index is 69.3. The molecule has 0 radical (unpaired) electrons. The van der Waals surface area contributed by atoms with E-state index >= 15 is 0 Å². The minimum Gasteiger partial charge on any atom is -0.384 e. The van der Waals surface area contributed by atoms with Crippen molar-refractivity contribution in [2.24, 2.45) is 0 Å². The Morgan fingerprint density at radius 2 is 1.30 bits per heavy atom. The van der Waals surface area contributed by atoms with Crippen LogP contribution in [0.4, 0.5) is 0 Å². The summed E-state index contributed by atoms with van der Waals surface area (Å²) in [6, 6.07) is 0. The molecule has 0 amide bonds. The minimum absolute atomic E-state index is 0.809. The zero-order chi connectivity index (χ0) is 7.66. The van der Waals surface area contributed by atoms with Gasteiger partial charge in [-0.3, -0.25) is 0 Å². The van der Waals surface area contributed by atoms with Crippen molar-refractivity contribution < 1.29 is 9.47 Å². The Morgan fingerprint density at radius 1 is 0.900 bits per heavy atom. The molecule has 0 aromatic heterocycles. The van der Waals surface area contributed by atoms with Crippen molar-refractivity contribution in [1.82, 2.24) is 0 Å². The van der Waals surface area contributed by atoms with Crippen molar-refractivity contribution in [3.05, 3.63) is 12.2 Å². The third kappa shape index (κ3) is 7.66. The zero-order valence-electron chi connectivity index (χ0n) is 6.80. The monoisotopic (exact) mass is 144 g/mol. The highest BCUT2D eigenvalue weighted by molar-refractivity contribution is 4.80. The van der Waals surface area contributed by atoms with Crippen molar-refractivity contribution in [3.8, 4) is 0 Å². The molecular formula is C8H16O2. The largest absolute Gasteiger partial charge is 0.384 e.